The van der Waals surface area contributed by atoms with Crippen LogP contribution >= 0.6 is 0 Å². The van der Waals surface area contributed by atoms with Gasteiger partial charge in [-0.2, -0.15) is 0 Å². The van der Waals surface area contributed by atoms with Crippen molar-refractivity contribution in [3.8, 4) is 0 Å². The zero-order valence-corrected chi connectivity index (χ0v) is 9.13. The molecule has 0 bridgehead atoms. The van der Waals surface area contributed by atoms with Crippen LogP contribution in [0.15, 0.2) is 30.3 Å². The van der Waals surface area contributed by atoms with Crippen LogP contribution in [-0.2, 0) is 25.4 Å². The molecular formula is C12H12O5. The van der Waals surface area contributed by atoms with E-state index in [2.05, 4.69) is 4.74 Å². The summed E-state index contributed by atoms with van der Waals surface area (Å²) < 4.78 is 14.3. The van der Waals surface area contributed by atoms with Crippen LogP contribution in [0.5, 0.6) is 0 Å². The second-order valence-electron chi connectivity index (χ2n) is 3.65. The lowest BCUT2D eigenvalue weighted by atomic mass is 10.2. The molecule has 1 saturated heterocycles. The fraction of sp³-hybridized carbons (Fsp3) is 0.333. The fourth-order valence-electron chi connectivity index (χ4n) is 1.45. The Kier molecular flexibility index (Phi) is 3.59. The molecule has 5 heteroatoms. The molecule has 90 valence electrons. The van der Waals surface area contributed by atoms with Gasteiger partial charge >= 0.3 is 12.1 Å². The number of esters is 1. The molecule has 0 spiro atoms. The molecule has 1 aliphatic rings. The molecule has 1 aromatic carbocycles. The lowest BCUT2D eigenvalue weighted by molar-refractivity contribution is -0.145. The average Bonchev–Trinajstić information content (AvgIpc) is 2.74. The van der Waals surface area contributed by atoms with Gasteiger partial charge < -0.3 is 14.2 Å². The third-order valence-corrected chi connectivity index (χ3v) is 2.27. The van der Waals surface area contributed by atoms with Gasteiger partial charge in [-0.3, -0.25) is 4.79 Å². The van der Waals surface area contributed by atoms with Crippen LogP contribution in [0.4, 0.5) is 4.79 Å². The fourth-order valence-corrected chi connectivity index (χ4v) is 1.45. The second kappa shape index (κ2) is 5.34. The maximum Gasteiger partial charge on any atom is 0.508 e. The van der Waals surface area contributed by atoms with E-state index in [-0.39, 0.29) is 25.6 Å². The van der Waals surface area contributed by atoms with E-state index in [0.29, 0.717) is 0 Å². The molecule has 5 nitrogen and oxygen atoms in total. The quantitative estimate of drug-likeness (QED) is 0.737. The first kappa shape index (κ1) is 11.4. The molecular weight excluding hydrogens is 224 g/mol. The van der Waals surface area contributed by atoms with Crippen LogP contribution in [0, 0.1) is 0 Å². The molecule has 2 rings (SSSR count). The van der Waals surface area contributed by atoms with Gasteiger partial charge in [-0.15, -0.1) is 0 Å². The third kappa shape index (κ3) is 3.48. The molecule has 1 aromatic rings. The molecule has 1 atom stereocenters. The molecule has 1 aliphatic heterocycles. The number of carbonyl (C=O) groups excluding carboxylic acids is 2. The van der Waals surface area contributed by atoms with Crippen LogP contribution in [-0.4, -0.2) is 31.4 Å². The minimum atomic E-state index is -0.714. The van der Waals surface area contributed by atoms with E-state index >= 15 is 0 Å². The third-order valence-electron chi connectivity index (χ3n) is 2.27. The lowest BCUT2D eigenvalue weighted by Crippen LogP contribution is -2.21. The monoisotopic (exact) mass is 236 g/mol. The summed E-state index contributed by atoms with van der Waals surface area (Å²) in [6, 6.07) is 9.29. The highest BCUT2D eigenvalue weighted by molar-refractivity contribution is 5.72. The van der Waals surface area contributed by atoms with E-state index < -0.39 is 12.3 Å². The maximum absolute atomic E-state index is 11.4. The molecule has 17 heavy (non-hydrogen) atoms. The first-order valence-corrected chi connectivity index (χ1v) is 5.27. The van der Waals surface area contributed by atoms with E-state index in [1.165, 1.54) is 0 Å². The number of hydrogen-bond donors (Lipinski definition) is 0. The normalized spacial score (nSPS) is 18.4. The Balaban J connectivity index is 1.73. The Bertz CT molecular complexity index is 401. The van der Waals surface area contributed by atoms with E-state index in [1.807, 2.05) is 30.3 Å². The highest BCUT2D eigenvalue weighted by Gasteiger charge is 2.26. The summed E-state index contributed by atoms with van der Waals surface area (Å²) >= 11 is 0. The summed E-state index contributed by atoms with van der Waals surface area (Å²) in [6.45, 7) is 0.175. The van der Waals surface area contributed by atoms with Crippen molar-refractivity contribution in [1.29, 1.82) is 0 Å². The minimum Gasteiger partial charge on any atom is -0.461 e. The predicted octanol–water partition coefficient (Wildman–Crippen LogP) is 1.31. The van der Waals surface area contributed by atoms with Gasteiger partial charge in [0.05, 0.1) is 6.42 Å². The molecule has 1 unspecified atom stereocenters. The Morgan fingerprint density at radius 1 is 1.35 bits per heavy atom. The van der Waals surface area contributed by atoms with Crippen molar-refractivity contribution in [2.45, 2.75) is 12.5 Å². The largest absolute Gasteiger partial charge is 0.508 e. The van der Waals surface area contributed by atoms with Crippen molar-refractivity contribution < 1.29 is 23.8 Å². The number of cyclic esters (lactones) is 2. The highest BCUT2D eigenvalue weighted by Crippen LogP contribution is 2.07. The first-order valence-electron chi connectivity index (χ1n) is 5.27. The van der Waals surface area contributed by atoms with E-state index in [0.717, 1.165) is 5.56 Å². The van der Waals surface area contributed by atoms with Crippen LogP contribution in [0.1, 0.15) is 5.56 Å². The van der Waals surface area contributed by atoms with Gasteiger partial charge in [-0.1, -0.05) is 30.3 Å². The van der Waals surface area contributed by atoms with Crippen LogP contribution in [0.2, 0.25) is 0 Å². The molecule has 0 radical (unpaired) electrons. The summed E-state index contributed by atoms with van der Waals surface area (Å²) in [7, 11) is 0. The standard InChI is InChI=1S/C12H12O5/c13-11(6-9-4-2-1-3-5-9)15-7-10-8-16-12(14)17-10/h1-5,10H,6-8H2. The Labute approximate surface area is 98.3 Å². The molecule has 0 aromatic heterocycles. The van der Waals surface area contributed by atoms with Gasteiger partial charge in [-0.25, -0.2) is 4.79 Å². The van der Waals surface area contributed by atoms with Crippen LogP contribution in [0.25, 0.3) is 0 Å². The van der Waals surface area contributed by atoms with Gasteiger partial charge in [-0.05, 0) is 5.56 Å². The topological polar surface area (TPSA) is 61.8 Å². The number of benzene rings is 1. The zero-order valence-electron chi connectivity index (χ0n) is 9.13. The number of rotatable bonds is 4. The van der Waals surface area contributed by atoms with E-state index in [4.69, 9.17) is 9.47 Å². The summed E-state index contributed by atoms with van der Waals surface area (Å²) in [5.41, 5.74) is 0.886. The molecule has 1 fully saturated rings. The Morgan fingerprint density at radius 3 is 2.76 bits per heavy atom. The van der Waals surface area contributed by atoms with Crippen molar-refractivity contribution in [3.05, 3.63) is 35.9 Å². The van der Waals surface area contributed by atoms with E-state index in [1.54, 1.807) is 0 Å². The molecule has 0 N–H and O–H groups in total. The summed E-state index contributed by atoms with van der Waals surface area (Å²) in [5, 5.41) is 0. The van der Waals surface area contributed by atoms with Crippen molar-refractivity contribution in [2.24, 2.45) is 0 Å². The smallest absolute Gasteiger partial charge is 0.461 e. The van der Waals surface area contributed by atoms with Crippen LogP contribution in [0.3, 0.4) is 0 Å². The predicted molar refractivity (Wildman–Crippen MR) is 57.3 cm³/mol. The first-order chi connectivity index (χ1) is 8.24. The van der Waals surface area contributed by atoms with Crippen LogP contribution < -0.4 is 0 Å². The number of carbonyl (C=O) groups is 2. The van der Waals surface area contributed by atoms with E-state index in [9.17, 15) is 9.59 Å². The van der Waals surface area contributed by atoms with Gasteiger partial charge in [0.2, 0.25) is 0 Å². The SMILES string of the molecule is O=C(Cc1ccccc1)OCC1COC(=O)O1. The molecule has 0 aliphatic carbocycles. The Morgan fingerprint density at radius 2 is 2.12 bits per heavy atom. The molecule has 0 saturated carbocycles. The van der Waals surface area contributed by atoms with Gasteiger partial charge in [0.15, 0.2) is 6.10 Å². The molecule has 0 amide bonds. The van der Waals surface area contributed by atoms with Gasteiger partial charge in [0, 0.05) is 0 Å². The van der Waals surface area contributed by atoms with Gasteiger partial charge in [0.25, 0.3) is 0 Å². The van der Waals surface area contributed by atoms with Crippen molar-refractivity contribution in [1.82, 2.24) is 0 Å². The summed E-state index contributed by atoms with van der Waals surface area (Å²) in [6.07, 6.45) is -0.987. The summed E-state index contributed by atoms with van der Waals surface area (Å²) in [4.78, 5) is 22.1. The Hall–Kier alpha value is -2.04. The van der Waals surface area contributed by atoms with Crippen molar-refractivity contribution in [3.63, 3.8) is 0 Å². The van der Waals surface area contributed by atoms with Crippen molar-refractivity contribution in [2.75, 3.05) is 13.2 Å². The van der Waals surface area contributed by atoms with Crippen molar-refractivity contribution >= 4 is 12.1 Å². The maximum atomic E-state index is 11.4. The number of ether oxygens (including phenoxy) is 3. The number of hydrogen-bond acceptors (Lipinski definition) is 5. The van der Waals surface area contributed by atoms with Gasteiger partial charge in [0.1, 0.15) is 13.2 Å². The summed E-state index contributed by atoms with van der Waals surface area (Å²) in [5.74, 6) is -0.348. The minimum absolute atomic E-state index is 0.0391. The zero-order chi connectivity index (χ0) is 12.1. The molecule has 1 heterocycles. The lowest BCUT2D eigenvalue weighted by Gasteiger charge is -2.07. The second-order valence-corrected chi connectivity index (χ2v) is 3.65. The average molecular weight is 236 g/mol. The highest BCUT2D eigenvalue weighted by atomic mass is 16.8.